The molecule has 2 aromatic carbocycles. The van der Waals surface area contributed by atoms with Crippen LogP contribution in [0.25, 0.3) is 11.1 Å². The second-order valence-electron chi connectivity index (χ2n) is 4.25. The molecule has 0 N–H and O–H groups in total. The van der Waals surface area contributed by atoms with Crippen LogP contribution in [0, 0.1) is 0 Å². The van der Waals surface area contributed by atoms with Gasteiger partial charge in [-0.15, -0.1) is 11.6 Å². The van der Waals surface area contributed by atoms with Crippen molar-refractivity contribution in [2.75, 3.05) is 0 Å². The zero-order valence-electron chi connectivity index (χ0n) is 10.2. The summed E-state index contributed by atoms with van der Waals surface area (Å²) in [5.41, 5.74) is -0.261. The normalized spacial score (nSPS) is 11.8. The average molecular weight is 374 g/mol. The molecule has 0 aliphatic heterocycles. The van der Waals surface area contributed by atoms with Gasteiger partial charge in [0.2, 0.25) is 0 Å². The molecule has 21 heavy (non-hydrogen) atoms. The maximum absolute atomic E-state index is 13.1. The van der Waals surface area contributed by atoms with Crippen molar-refractivity contribution in [2.45, 2.75) is 12.1 Å². The fraction of sp³-hybridized carbons (Fsp3) is 0.143. The minimum Gasteiger partial charge on any atom is -0.166 e. The number of hydrogen-bond acceptors (Lipinski definition) is 0. The van der Waals surface area contributed by atoms with Crippen LogP contribution in [0.5, 0.6) is 0 Å². The van der Waals surface area contributed by atoms with Gasteiger partial charge in [-0.2, -0.15) is 13.2 Å². The lowest BCUT2D eigenvalue weighted by molar-refractivity contribution is -0.138. The first-order chi connectivity index (χ1) is 9.74. The van der Waals surface area contributed by atoms with Crippen molar-refractivity contribution < 1.29 is 13.2 Å². The van der Waals surface area contributed by atoms with E-state index in [9.17, 15) is 13.2 Å². The molecule has 0 aliphatic carbocycles. The fourth-order valence-electron chi connectivity index (χ4n) is 1.93. The maximum Gasteiger partial charge on any atom is 0.416 e. The van der Waals surface area contributed by atoms with Crippen LogP contribution in [0.1, 0.15) is 11.1 Å². The number of hydrogen-bond donors (Lipinski definition) is 0. The standard InChI is InChI=1S/C14H7Cl4F3/c15-6-8-2-1-7(3-10(8)14(19,20)21)13-11(17)4-9(16)5-12(13)18/h1-5H,6H2. The summed E-state index contributed by atoms with van der Waals surface area (Å²) in [6.45, 7) is 0. The Morgan fingerprint density at radius 3 is 1.95 bits per heavy atom. The van der Waals surface area contributed by atoms with E-state index in [-0.39, 0.29) is 27.1 Å². The van der Waals surface area contributed by atoms with E-state index in [4.69, 9.17) is 46.4 Å². The molecule has 0 fully saturated rings. The lowest BCUT2D eigenvalue weighted by Crippen LogP contribution is -2.08. The maximum atomic E-state index is 13.1. The molecule has 0 amide bonds. The first kappa shape index (κ1) is 16.8. The van der Waals surface area contributed by atoms with E-state index in [0.717, 1.165) is 6.07 Å². The summed E-state index contributed by atoms with van der Waals surface area (Å²) in [5.74, 6) is -0.239. The van der Waals surface area contributed by atoms with Gasteiger partial charge in [-0.05, 0) is 29.3 Å². The van der Waals surface area contributed by atoms with E-state index in [0.29, 0.717) is 10.6 Å². The zero-order chi connectivity index (χ0) is 15.8. The van der Waals surface area contributed by atoms with E-state index >= 15 is 0 Å². The average Bonchev–Trinajstić information content (AvgIpc) is 2.36. The van der Waals surface area contributed by atoms with Crippen molar-refractivity contribution in [1.29, 1.82) is 0 Å². The molecule has 0 atom stereocenters. The molecule has 0 saturated heterocycles. The van der Waals surface area contributed by atoms with Gasteiger partial charge in [-0.3, -0.25) is 0 Å². The third kappa shape index (κ3) is 3.59. The molecule has 0 nitrogen and oxygen atoms in total. The molecule has 0 aliphatic rings. The third-order valence-electron chi connectivity index (χ3n) is 2.85. The molecule has 7 heteroatoms. The van der Waals surface area contributed by atoms with Gasteiger partial charge in [0.1, 0.15) is 0 Å². The minimum absolute atomic E-state index is 0.00544. The predicted molar refractivity (Wildman–Crippen MR) is 81.5 cm³/mol. The summed E-state index contributed by atoms with van der Waals surface area (Å²) in [4.78, 5) is 0. The summed E-state index contributed by atoms with van der Waals surface area (Å²) < 4.78 is 39.2. The highest BCUT2D eigenvalue weighted by Gasteiger charge is 2.33. The number of alkyl halides is 4. The zero-order valence-corrected chi connectivity index (χ0v) is 13.3. The van der Waals surface area contributed by atoms with Crippen molar-refractivity contribution in [2.24, 2.45) is 0 Å². The monoisotopic (exact) mass is 372 g/mol. The third-order valence-corrected chi connectivity index (χ3v) is 3.96. The first-order valence-corrected chi connectivity index (χ1v) is 7.32. The number of rotatable bonds is 2. The Morgan fingerprint density at radius 1 is 0.905 bits per heavy atom. The Balaban J connectivity index is 2.67. The van der Waals surface area contributed by atoms with Crippen LogP contribution in [0.15, 0.2) is 30.3 Å². The molecule has 0 aromatic heterocycles. The van der Waals surface area contributed by atoms with Crippen LogP contribution in [-0.4, -0.2) is 0 Å². The van der Waals surface area contributed by atoms with Crippen LogP contribution in [0.2, 0.25) is 15.1 Å². The van der Waals surface area contributed by atoms with Gasteiger partial charge >= 0.3 is 6.18 Å². The summed E-state index contributed by atoms with van der Waals surface area (Å²) in [6, 6.07) is 6.64. The lowest BCUT2D eigenvalue weighted by Gasteiger charge is -2.15. The topological polar surface area (TPSA) is 0 Å². The number of halogens is 7. The Morgan fingerprint density at radius 2 is 1.48 bits per heavy atom. The predicted octanol–water partition coefficient (Wildman–Crippen LogP) is 7.07. The first-order valence-electron chi connectivity index (χ1n) is 5.65. The van der Waals surface area contributed by atoms with Gasteiger partial charge in [0, 0.05) is 16.5 Å². The summed E-state index contributed by atoms with van der Waals surface area (Å²) in [6.07, 6.45) is -4.51. The highest BCUT2D eigenvalue weighted by atomic mass is 35.5. The summed E-state index contributed by atoms with van der Waals surface area (Å²) in [5, 5.41) is 0.667. The van der Waals surface area contributed by atoms with E-state index < -0.39 is 11.7 Å². The van der Waals surface area contributed by atoms with Crippen molar-refractivity contribution in [3.63, 3.8) is 0 Å². The molecular formula is C14H7Cl4F3. The van der Waals surface area contributed by atoms with Crippen LogP contribution < -0.4 is 0 Å². The van der Waals surface area contributed by atoms with Crippen molar-refractivity contribution in [3.8, 4) is 11.1 Å². The Labute approximate surface area is 139 Å². The van der Waals surface area contributed by atoms with Crippen molar-refractivity contribution in [1.82, 2.24) is 0 Å². The van der Waals surface area contributed by atoms with Crippen molar-refractivity contribution in [3.05, 3.63) is 56.5 Å². The SMILES string of the molecule is FC(F)(F)c1cc(-c2c(Cl)cc(Cl)cc2Cl)ccc1CCl. The number of benzene rings is 2. The Bertz CT molecular complexity index is 657. The molecule has 0 spiro atoms. The van der Waals surface area contributed by atoms with Crippen LogP contribution in [0.4, 0.5) is 13.2 Å². The van der Waals surface area contributed by atoms with Crippen LogP contribution in [-0.2, 0) is 12.1 Å². The molecule has 2 rings (SSSR count). The highest BCUT2D eigenvalue weighted by Crippen LogP contribution is 2.41. The van der Waals surface area contributed by atoms with Crippen LogP contribution >= 0.6 is 46.4 Å². The van der Waals surface area contributed by atoms with E-state index in [2.05, 4.69) is 0 Å². The van der Waals surface area contributed by atoms with Gasteiger partial charge in [-0.25, -0.2) is 0 Å². The molecule has 0 unspecified atom stereocenters. The Kier molecular flexibility index (Phi) is 4.99. The molecule has 112 valence electrons. The largest absolute Gasteiger partial charge is 0.416 e. The molecule has 0 bridgehead atoms. The summed E-state index contributed by atoms with van der Waals surface area (Å²) in [7, 11) is 0. The van der Waals surface area contributed by atoms with Gasteiger partial charge in [0.15, 0.2) is 0 Å². The van der Waals surface area contributed by atoms with Gasteiger partial charge < -0.3 is 0 Å². The second kappa shape index (κ2) is 6.25. The molecular weight excluding hydrogens is 367 g/mol. The lowest BCUT2D eigenvalue weighted by atomic mass is 9.99. The van der Waals surface area contributed by atoms with E-state index in [1.807, 2.05) is 0 Å². The van der Waals surface area contributed by atoms with Crippen LogP contribution in [0.3, 0.4) is 0 Å². The van der Waals surface area contributed by atoms with Gasteiger partial charge in [-0.1, -0.05) is 46.9 Å². The highest BCUT2D eigenvalue weighted by molar-refractivity contribution is 6.41. The molecule has 0 heterocycles. The minimum atomic E-state index is -4.51. The molecule has 0 radical (unpaired) electrons. The van der Waals surface area contributed by atoms with Crippen molar-refractivity contribution >= 4 is 46.4 Å². The van der Waals surface area contributed by atoms with E-state index in [1.165, 1.54) is 24.3 Å². The molecule has 0 saturated carbocycles. The van der Waals surface area contributed by atoms with Gasteiger partial charge in [0.25, 0.3) is 0 Å². The Hall–Kier alpha value is -0.610. The molecule has 2 aromatic rings. The fourth-order valence-corrected chi connectivity index (χ4v) is 3.20. The summed E-state index contributed by atoms with van der Waals surface area (Å²) >= 11 is 23.4. The quantitative estimate of drug-likeness (QED) is 0.493. The van der Waals surface area contributed by atoms with Gasteiger partial charge in [0.05, 0.1) is 15.6 Å². The van der Waals surface area contributed by atoms with E-state index in [1.54, 1.807) is 0 Å². The smallest absolute Gasteiger partial charge is 0.166 e. The second-order valence-corrected chi connectivity index (χ2v) is 5.77.